The van der Waals surface area contributed by atoms with Gasteiger partial charge in [0.15, 0.2) is 0 Å². The molecule has 1 aromatic rings. The first-order valence-electron chi connectivity index (χ1n) is 8.48. The van der Waals surface area contributed by atoms with E-state index in [1.807, 2.05) is 7.11 Å². The molecule has 1 aromatic carbocycles. The van der Waals surface area contributed by atoms with Crippen molar-refractivity contribution < 1.29 is 4.74 Å². The Morgan fingerprint density at radius 1 is 1.14 bits per heavy atom. The summed E-state index contributed by atoms with van der Waals surface area (Å²) in [6, 6.07) is 7.18. The summed E-state index contributed by atoms with van der Waals surface area (Å²) in [4.78, 5) is 0. The summed E-state index contributed by atoms with van der Waals surface area (Å²) in [6.45, 7) is 7.66. The normalized spacial score (nSPS) is 19.4. The van der Waals surface area contributed by atoms with E-state index in [9.17, 15) is 0 Å². The van der Waals surface area contributed by atoms with E-state index in [4.69, 9.17) is 4.74 Å². The smallest absolute Gasteiger partial charge is 0.0872 e. The molecule has 2 rings (SSSR count). The molecule has 1 aliphatic rings. The van der Waals surface area contributed by atoms with E-state index in [1.54, 1.807) is 0 Å². The van der Waals surface area contributed by atoms with E-state index in [2.05, 4.69) is 44.3 Å². The molecule has 0 amide bonds. The van der Waals surface area contributed by atoms with Crippen molar-refractivity contribution in [1.29, 1.82) is 0 Å². The first kappa shape index (κ1) is 16.5. The molecule has 0 aliphatic heterocycles. The first-order valence-corrected chi connectivity index (χ1v) is 8.48. The summed E-state index contributed by atoms with van der Waals surface area (Å²) in [6.07, 6.45) is 7.39. The number of aryl methyl sites for hydroxylation is 2. The molecule has 2 nitrogen and oxygen atoms in total. The molecule has 1 fully saturated rings. The highest BCUT2D eigenvalue weighted by molar-refractivity contribution is 5.33. The molecular formula is C19H31NO. The average Bonchev–Trinajstić information content (AvgIpc) is 2.52. The minimum Gasteiger partial charge on any atom is -0.376 e. The van der Waals surface area contributed by atoms with Gasteiger partial charge in [0.2, 0.25) is 0 Å². The third-order valence-electron chi connectivity index (χ3n) is 5.10. The van der Waals surface area contributed by atoms with Crippen LogP contribution in [0.5, 0.6) is 0 Å². The van der Waals surface area contributed by atoms with Crippen molar-refractivity contribution in [3.8, 4) is 0 Å². The predicted octanol–water partition coefficient (Wildman–Crippen LogP) is 4.69. The monoisotopic (exact) mass is 289 g/mol. The van der Waals surface area contributed by atoms with Crippen molar-refractivity contribution >= 4 is 0 Å². The van der Waals surface area contributed by atoms with Crippen molar-refractivity contribution in [2.24, 2.45) is 0 Å². The van der Waals surface area contributed by atoms with Crippen molar-refractivity contribution in [3.63, 3.8) is 0 Å². The van der Waals surface area contributed by atoms with E-state index < -0.39 is 0 Å². The molecule has 0 saturated heterocycles. The van der Waals surface area contributed by atoms with Crippen LogP contribution in [0.25, 0.3) is 0 Å². The number of benzene rings is 1. The largest absolute Gasteiger partial charge is 0.376 e. The van der Waals surface area contributed by atoms with Crippen LogP contribution in [0.2, 0.25) is 0 Å². The predicted molar refractivity (Wildman–Crippen MR) is 89.8 cm³/mol. The van der Waals surface area contributed by atoms with Gasteiger partial charge < -0.3 is 10.1 Å². The molecule has 2 heteroatoms. The molecule has 21 heavy (non-hydrogen) atoms. The van der Waals surface area contributed by atoms with Gasteiger partial charge >= 0.3 is 0 Å². The molecule has 1 aliphatic carbocycles. The second kappa shape index (κ2) is 7.42. The molecule has 0 aromatic heterocycles. The summed E-state index contributed by atoms with van der Waals surface area (Å²) in [7, 11) is 1.90. The number of ether oxygens (including phenoxy) is 1. The number of hydrogen-bond acceptors (Lipinski definition) is 2. The summed E-state index contributed by atoms with van der Waals surface area (Å²) < 4.78 is 6.10. The van der Waals surface area contributed by atoms with Gasteiger partial charge in [0.25, 0.3) is 0 Å². The first-order chi connectivity index (χ1) is 10.1. The fourth-order valence-electron chi connectivity index (χ4n) is 3.60. The molecule has 1 saturated carbocycles. The quantitative estimate of drug-likeness (QED) is 0.820. The van der Waals surface area contributed by atoms with Crippen LogP contribution in [-0.4, -0.2) is 19.3 Å². The second-order valence-electron chi connectivity index (χ2n) is 6.56. The zero-order valence-electron chi connectivity index (χ0n) is 14.2. The molecule has 1 N–H and O–H groups in total. The van der Waals surface area contributed by atoms with Crippen LogP contribution >= 0.6 is 0 Å². The van der Waals surface area contributed by atoms with E-state index in [-0.39, 0.29) is 5.60 Å². The van der Waals surface area contributed by atoms with Gasteiger partial charge in [-0.1, -0.05) is 44.4 Å². The SMILES string of the molecule is CCCNC(c1ccc(C)c(C)c1)C1(OC)CCCCC1. The number of methoxy groups -OCH3 is 1. The fourth-order valence-corrected chi connectivity index (χ4v) is 3.60. The van der Waals surface area contributed by atoms with Crippen LogP contribution in [0, 0.1) is 13.8 Å². The van der Waals surface area contributed by atoms with Crippen molar-refractivity contribution in [1.82, 2.24) is 5.32 Å². The Labute approximate surface area is 130 Å². The lowest BCUT2D eigenvalue weighted by Crippen LogP contribution is -2.47. The molecule has 0 bridgehead atoms. The molecule has 1 atom stereocenters. The topological polar surface area (TPSA) is 21.3 Å². The summed E-state index contributed by atoms with van der Waals surface area (Å²) in [5, 5.41) is 3.77. The lowest BCUT2D eigenvalue weighted by Gasteiger charge is -2.43. The zero-order valence-corrected chi connectivity index (χ0v) is 14.2. The summed E-state index contributed by atoms with van der Waals surface area (Å²) in [5.41, 5.74) is 4.09. The minimum atomic E-state index is -0.0326. The highest BCUT2D eigenvalue weighted by Crippen LogP contribution is 2.41. The number of rotatable bonds is 6. The summed E-state index contributed by atoms with van der Waals surface area (Å²) in [5.74, 6) is 0. The Balaban J connectivity index is 2.33. The maximum atomic E-state index is 6.10. The van der Waals surface area contributed by atoms with Crippen molar-refractivity contribution in [2.45, 2.75) is 70.9 Å². The van der Waals surface area contributed by atoms with Gasteiger partial charge in [-0.3, -0.25) is 0 Å². The van der Waals surface area contributed by atoms with Gasteiger partial charge in [-0.05, 0) is 56.3 Å². The van der Waals surface area contributed by atoms with Gasteiger partial charge in [-0.15, -0.1) is 0 Å². The standard InChI is InChI=1S/C19H31NO/c1-5-13-20-18(17-10-9-15(2)16(3)14-17)19(21-4)11-7-6-8-12-19/h9-10,14,18,20H,5-8,11-13H2,1-4H3. The molecular weight excluding hydrogens is 258 g/mol. The minimum absolute atomic E-state index is 0.0326. The highest BCUT2D eigenvalue weighted by Gasteiger charge is 2.40. The van der Waals surface area contributed by atoms with Crippen LogP contribution in [0.4, 0.5) is 0 Å². The van der Waals surface area contributed by atoms with E-state index in [0.29, 0.717) is 6.04 Å². The molecule has 1 unspecified atom stereocenters. The third-order valence-corrected chi connectivity index (χ3v) is 5.10. The third kappa shape index (κ3) is 3.67. The Morgan fingerprint density at radius 3 is 2.43 bits per heavy atom. The van der Waals surface area contributed by atoms with Gasteiger partial charge in [0.1, 0.15) is 0 Å². The number of nitrogens with one attached hydrogen (secondary N) is 1. The van der Waals surface area contributed by atoms with Gasteiger partial charge in [-0.2, -0.15) is 0 Å². The van der Waals surface area contributed by atoms with E-state index in [1.165, 1.54) is 36.0 Å². The Morgan fingerprint density at radius 2 is 1.86 bits per heavy atom. The highest BCUT2D eigenvalue weighted by atomic mass is 16.5. The van der Waals surface area contributed by atoms with Gasteiger partial charge in [0, 0.05) is 7.11 Å². The Kier molecular flexibility index (Phi) is 5.83. The van der Waals surface area contributed by atoms with E-state index >= 15 is 0 Å². The van der Waals surface area contributed by atoms with Gasteiger partial charge in [-0.25, -0.2) is 0 Å². The average molecular weight is 289 g/mol. The molecule has 118 valence electrons. The van der Waals surface area contributed by atoms with Crippen LogP contribution in [-0.2, 0) is 4.74 Å². The van der Waals surface area contributed by atoms with Crippen LogP contribution in [0.3, 0.4) is 0 Å². The maximum Gasteiger partial charge on any atom is 0.0872 e. The van der Waals surface area contributed by atoms with E-state index in [0.717, 1.165) is 25.8 Å². The van der Waals surface area contributed by atoms with Crippen molar-refractivity contribution in [2.75, 3.05) is 13.7 Å². The lowest BCUT2D eigenvalue weighted by molar-refractivity contribution is -0.0687. The van der Waals surface area contributed by atoms with Crippen LogP contribution < -0.4 is 5.32 Å². The molecule has 0 radical (unpaired) electrons. The molecule has 0 spiro atoms. The zero-order chi connectivity index (χ0) is 15.3. The summed E-state index contributed by atoms with van der Waals surface area (Å²) >= 11 is 0. The fraction of sp³-hybridized carbons (Fsp3) is 0.684. The Bertz CT molecular complexity index is 449. The van der Waals surface area contributed by atoms with Crippen LogP contribution in [0.15, 0.2) is 18.2 Å². The van der Waals surface area contributed by atoms with Crippen LogP contribution in [0.1, 0.15) is 68.2 Å². The Hall–Kier alpha value is -0.860. The number of hydrogen-bond donors (Lipinski definition) is 1. The lowest BCUT2D eigenvalue weighted by atomic mass is 9.76. The molecule has 0 heterocycles. The van der Waals surface area contributed by atoms with Crippen molar-refractivity contribution in [3.05, 3.63) is 34.9 Å². The van der Waals surface area contributed by atoms with Gasteiger partial charge in [0.05, 0.1) is 11.6 Å². The second-order valence-corrected chi connectivity index (χ2v) is 6.56. The maximum absolute atomic E-state index is 6.10.